The summed E-state index contributed by atoms with van der Waals surface area (Å²) in [5, 5.41) is 8.05. The lowest BCUT2D eigenvalue weighted by molar-refractivity contribution is 0.0954. The van der Waals surface area contributed by atoms with E-state index in [1.54, 1.807) is 0 Å². The molecule has 1 aliphatic heterocycles. The summed E-state index contributed by atoms with van der Waals surface area (Å²) in [5.41, 5.74) is 1.16. The van der Waals surface area contributed by atoms with Crippen LogP contribution < -0.4 is 5.32 Å². The molecule has 1 aromatic rings. The quantitative estimate of drug-likeness (QED) is 0.840. The summed E-state index contributed by atoms with van der Waals surface area (Å²) in [7, 11) is 1.97. The first-order valence-corrected chi connectivity index (χ1v) is 6.54. The highest BCUT2D eigenvalue weighted by molar-refractivity contribution is 5.03. The zero-order valence-electron chi connectivity index (χ0n) is 11.0. The van der Waals surface area contributed by atoms with Crippen molar-refractivity contribution in [2.24, 2.45) is 13.0 Å². The number of aromatic nitrogens is 2. The summed E-state index contributed by atoms with van der Waals surface area (Å²) in [4.78, 5) is 0. The third kappa shape index (κ3) is 3.07. The average molecular weight is 237 g/mol. The van der Waals surface area contributed by atoms with E-state index in [-0.39, 0.29) is 0 Å². The molecule has 0 spiro atoms. The number of aryl methyl sites for hydroxylation is 1. The molecule has 17 heavy (non-hydrogen) atoms. The highest BCUT2D eigenvalue weighted by Crippen LogP contribution is 2.25. The minimum Gasteiger partial charge on any atom is -0.378 e. The molecular weight excluding hydrogens is 214 g/mol. The molecule has 4 heteroatoms. The van der Waals surface area contributed by atoms with Crippen LogP contribution in [0, 0.1) is 5.92 Å². The molecule has 0 aliphatic carbocycles. The molecule has 1 aromatic heterocycles. The Bertz CT molecular complexity index is 350. The molecule has 4 nitrogen and oxygen atoms in total. The number of ether oxygens (including phenoxy) is 1. The number of nitrogens with one attached hydrogen (secondary N) is 1. The lowest BCUT2D eigenvalue weighted by Crippen LogP contribution is -2.40. The predicted octanol–water partition coefficient (Wildman–Crippen LogP) is 1.37. The Kier molecular flexibility index (Phi) is 4.18. The second kappa shape index (κ2) is 5.65. The summed E-state index contributed by atoms with van der Waals surface area (Å²) >= 11 is 0. The number of rotatable bonds is 5. The number of hydrogen-bond acceptors (Lipinski definition) is 3. The molecule has 2 heterocycles. The first kappa shape index (κ1) is 12.6. The van der Waals surface area contributed by atoms with Crippen LogP contribution in [0.5, 0.6) is 0 Å². The third-order valence-corrected chi connectivity index (χ3v) is 3.62. The van der Waals surface area contributed by atoms with E-state index in [4.69, 9.17) is 4.74 Å². The molecule has 1 N–H and O–H groups in total. The highest BCUT2D eigenvalue weighted by atomic mass is 16.5. The van der Waals surface area contributed by atoms with E-state index < -0.39 is 0 Å². The van der Waals surface area contributed by atoms with Gasteiger partial charge in [0, 0.05) is 38.2 Å². The van der Waals surface area contributed by atoms with Gasteiger partial charge in [0.15, 0.2) is 0 Å². The van der Waals surface area contributed by atoms with E-state index >= 15 is 0 Å². The van der Waals surface area contributed by atoms with Crippen molar-refractivity contribution in [3.05, 3.63) is 18.0 Å². The lowest BCUT2D eigenvalue weighted by atomic mass is 9.90. The lowest BCUT2D eigenvalue weighted by Gasteiger charge is -2.26. The summed E-state index contributed by atoms with van der Waals surface area (Å²) in [6.07, 6.45) is 4.52. The molecule has 1 aliphatic rings. The van der Waals surface area contributed by atoms with Gasteiger partial charge in [-0.3, -0.25) is 4.68 Å². The SMILES string of the molecule is CCNC(Cc1ccn(C)n1)C1CCOC1C. The first-order valence-electron chi connectivity index (χ1n) is 6.54. The van der Waals surface area contributed by atoms with Crippen LogP contribution in [0.2, 0.25) is 0 Å². The molecule has 0 bridgehead atoms. The van der Waals surface area contributed by atoms with Gasteiger partial charge in [-0.1, -0.05) is 6.92 Å². The largest absolute Gasteiger partial charge is 0.378 e. The van der Waals surface area contributed by atoms with Gasteiger partial charge in [0.1, 0.15) is 0 Å². The van der Waals surface area contributed by atoms with Crippen LogP contribution in [0.15, 0.2) is 12.3 Å². The van der Waals surface area contributed by atoms with Crippen molar-refractivity contribution >= 4 is 0 Å². The van der Waals surface area contributed by atoms with Crippen LogP contribution >= 0.6 is 0 Å². The van der Waals surface area contributed by atoms with Crippen molar-refractivity contribution in [1.82, 2.24) is 15.1 Å². The van der Waals surface area contributed by atoms with E-state index in [0.717, 1.165) is 31.7 Å². The Morgan fingerprint density at radius 3 is 3.00 bits per heavy atom. The van der Waals surface area contributed by atoms with Crippen LogP contribution in [0.3, 0.4) is 0 Å². The van der Waals surface area contributed by atoms with E-state index in [0.29, 0.717) is 18.1 Å². The highest BCUT2D eigenvalue weighted by Gasteiger charge is 2.31. The van der Waals surface area contributed by atoms with E-state index in [1.165, 1.54) is 0 Å². The van der Waals surface area contributed by atoms with Crippen molar-refractivity contribution in [3.63, 3.8) is 0 Å². The third-order valence-electron chi connectivity index (χ3n) is 3.62. The fourth-order valence-electron chi connectivity index (χ4n) is 2.71. The predicted molar refractivity (Wildman–Crippen MR) is 67.9 cm³/mol. The maximum atomic E-state index is 5.67. The van der Waals surface area contributed by atoms with Gasteiger partial charge in [0.2, 0.25) is 0 Å². The number of hydrogen-bond donors (Lipinski definition) is 1. The van der Waals surface area contributed by atoms with Gasteiger partial charge < -0.3 is 10.1 Å². The topological polar surface area (TPSA) is 39.1 Å². The normalized spacial score (nSPS) is 26.3. The molecule has 96 valence electrons. The van der Waals surface area contributed by atoms with Crippen LogP contribution in [-0.4, -0.2) is 35.1 Å². The van der Waals surface area contributed by atoms with E-state index in [2.05, 4.69) is 30.3 Å². The van der Waals surface area contributed by atoms with Gasteiger partial charge in [-0.25, -0.2) is 0 Å². The zero-order chi connectivity index (χ0) is 12.3. The zero-order valence-corrected chi connectivity index (χ0v) is 11.0. The Labute approximate surface area is 103 Å². The minimum atomic E-state index is 0.364. The van der Waals surface area contributed by atoms with Gasteiger partial charge in [-0.05, 0) is 26.0 Å². The molecule has 0 saturated carbocycles. The Hall–Kier alpha value is -0.870. The summed E-state index contributed by atoms with van der Waals surface area (Å²) in [5.74, 6) is 0.608. The van der Waals surface area contributed by atoms with Gasteiger partial charge in [0.25, 0.3) is 0 Å². The number of likely N-dealkylation sites (N-methyl/N-ethyl adjacent to an activating group) is 1. The average Bonchev–Trinajstić information content (AvgIpc) is 2.87. The standard InChI is InChI=1S/C13H23N3O/c1-4-14-13(12-6-8-17-10(12)2)9-11-5-7-16(3)15-11/h5,7,10,12-14H,4,6,8-9H2,1-3H3. The smallest absolute Gasteiger partial charge is 0.0640 e. The first-order chi connectivity index (χ1) is 8.20. The summed E-state index contributed by atoms with van der Waals surface area (Å²) in [6.45, 7) is 6.24. The van der Waals surface area contributed by atoms with Gasteiger partial charge in [-0.2, -0.15) is 5.10 Å². The summed E-state index contributed by atoms with van der Waals surface area (Å²) < 4.78 is 7.54. The maximum Gasteiger partial charge on any atom is 0.0640 e. The molecule has 3 atom stereocenters. The molecule has 0 radical (unpaired) electrons. The second-order valence-corrected chi connectivity index (χ2v) is 4.88. The monoisotopic (exact) mass is 237 g/mol. The Morgan fingerprint density at radius 1 is 1.65 bits per heavy atom. The van der Waals surface area contributed by atoms with Gasteiger partial charge >= 0.3 is 0 Å². The summed E-state index contributed by atoms with van der Waals surface area (Å²) in [6, 6.07) is 2.58. The minimum absolute atomic E-state index is 0.364. The number of nitrogens with zero attached hydrogens (tertiary/aromatic N) is 2. The van der Waals surface area contributed by atoms with Gasteiger partial charge in [0.05, 0.1) is 11.8 Å². The van der Waals surface area contributed by atoms with Crippen molar-refractivity contribution in [1.29, 1.82) is 0 Å². The van der Waals surface area contributed by atoms with E-state index in [1.807, 2.05) is 17.9 Å². The molecule has 3 unspecified atom stereocenters. The van der Waals surface area contributed by atoms with Crippen LogP contribution in [-0.2, 0) is 18.2 Å². The molecular formula is C13H23N3O. The van der Waals surface area contributed by atoms with Crippen molar-refractivity contribution in [2.75, 3.05) is 13.2 Å². The Balaban J connectivity index is 2.01. The van der Waals surface area contributed by atoms with E-state index in [9.17, 15) is 0 Å². The molecule has 0 amide bonds. The van der Waals surface area contributed by atoms with Crippen LogP contribution in [0.1, 0.15) is 26.0 Å². The molecule has 1 fully saturated rings. The van der Waals surface area contributed by atoms with Gasteiger partial charge in [-0.15, -0.1) is 0 Å². The van der Waals surface area contributed by atoms with Crippen LogP contribution in [0.25, 0.3) is 0 Å². The van der Waals surface area contributed by atoms with Crippen molar-refractivity contribution in [3.8, 4) is 0 Å². The molecule has 0 aromatic carbocycles. The molecule has 1 saturated heterocycles. The fraction of sp³-hybridized carbons (Fsp3) is 0.769. The van der Waals surface area contributed by atoms with Crippen molar-refractivity contribution < 1.29 is 4.74 Å². The maximum absolute atomic E-state index is 5.67. The van der Waals surface area contributed by atoms with Crippen molar-refractivity contribution in [2.45, 2.75) is 38.8 Å². The molecule has 2 rings (SSSR count). The Morgan fingerprint density at radius 2 is 2.47 bits per heavy atom. The fourth-order valence-corrected chi connectivity index (χ4v) is 2.71. The van der Waals surface area contributed by atoms with Crippen LogP contribution in [0.4, 0.5) is 0 Å². The second-order valence-electron chi connectivity index (χ2n) is 4.88.